The molecule has 0 saturated carbocycles. The van der Waals surface area contributed by atoms with Gasteiger partial charge in [0.05, 0.1) is 28.0 Å². The minimum atomic E-state index is -0.864. The molecule has 2 aromatic carbocycles. The van der Waals surface area contributed by atoms with Crippen molar-refractivity contribution in [2.75, 3.05) is 0 Å². The van der Waals surface area contributed by atoms with Crippen LogP contribution in [0.5, 0.6) is 0 Å². The first-order valence-corrected chi connectivity index (χ1v) is 8.01. The fourth-order valence-electron chi connectivity index (χ4n) is 2.48. The van der Waals surface area contributed by atoms with Gasteiger partial charge in [-0.1, -0.05) is 30.3 Å². The number of esters is 1. The molecule has 0 aliphatic rings. The van der Waals surface area contributed by atoms with Crippen LogP contribution in [-0.4, -0.2) is 27.8 Å². The molecule has 0 fully saturated rings. The molecule has 0 spiro atoms. The van der Waals surface area contributed by atoms with E-state index in [-0.39, 0.29) is 5.78 Å². The summed E-state index contributed by atoms with van der Waals surface area (Å²) in [7, 11) is 0. The quantitative estimate of drug-likeness (QED) is 0.538. The zero-order valence-electron chi connectivity index (χ0n) is 14.3. The van der Waals surface area contributed by atoms with Crippen molar-refractivity contribution in [3.63, 3.8) is 0 Å². The number of aromatic nitrogens is 2. The van der Waals surface area contributed by atoms with Crippen LogP contribution in [0.1, 0.15) is 39.0 Å². The van der Waals surface area contributed by atoms with E-state index < -0.39 is 12.1 Å². The fraction of sp³-hybridized carbons (Fsp3) is 0.200. The number of ether oxygens (including phenoxy) is 1. The Morgan fingerprint density at radius 2 is 1.52 bits per heavy atom. The second kappa shape index (κ2) is 6.81. The second-order valence-electron chi connectivity index (χ2n) is 5.88. The van der Waals surface area contributed by atoms with Crippen LogP contribution >= 0.6 is 0 Å². The average molecular weight is 334 g/mol. The number of carbonyl (C=O) groups is 2. The average Bonchev–Trinajstić information content (AvgIpc) is 2.62. The SMILES string of the molecule is Cc1nc2ccc(C(=O)OC(C)C(=O)c3ccccc3)cc2nc1C. The van der Waals surface area contributed by atoms with Gasteiger partial charge in [-0.15, -0.1) is 0 Å². The van der Waals surface area contributed by atoms with Gasteiger partial charge in [0.15, 0.2) is 6.10 Å². The van der Waals surface area contributed by atoms with Crippen molar-refractivity contribution in [3.05, 3.63) is 71.0 Å². The fourth-order valence-corrected chi connectivity index (χ4v) is 2.48. The molecule has 5 heteroatoms. The predicted octanol–water partition coefficient (Wildman–Crippen LogP) is 3.67. The molecule has 1 atom stereocenters. The van der Waals surface area contributed by atoms with Crippen molar-refractivity contribution >= 4 is 22.8 Å². The molecular formula is C20H18N2O3. The number of hydrogen-bond acceptors (Lipinski definition) is 5. The molecule has 0 N–H and O–H groups in total. The lowest BCUT2D eigenvalue weighted by Gasteiger charge is -2.12. The minimum Gasteiger partial charge on any atom is -0.451 e. The lowest BCUT2D eigenvalue weighted by Crippen LogP contribution is -2.24. The van der Waals surface area contributed by atoms with E-state index in [1.54, 1.807) is 49.4 Å². The maximum atomic E-state index is 12.4. The van der Waals surface area contributed by atoms with Crippen molar-refractivity contribution in [2.45, 2.75) is 26.9 Å². The van der Waals surface area contributed by atoms with Crippen LogP contribution < -0.4 is 0 Å². The van der Waals surface area contributed by atoms with Gasteiger partial charge in [-0.25, -0.2) is 14.8 Å². The molecule has 3 rings (SSSR count). The van der Waals surface area contributed by atoms with Crippen molar-refractivity contribution < 1.29 is 14.3 Å². The maximum absolute atomic E-state index is 12.4. The summed E-state index contributed by atoms with van der Waals surface area (Å²) in [6, 6.07) is 13.8. The van der Waals surface area contributed by atoms with Crippen LogP contribution in [0.15, 0.2) is 48.5 Å². The first-order valence-electron chi connectivity index (χ1n) is 8.01. The molecule has 1 heterocycles. The normalized spacial score (nSPS) is 12.0. The summed E-state index contributed by atoms with van der Waals surface area (Å²) in [5.74, 6) is -0.792. The van der Waals surface area contributed by atoms with E-state index in [9.17, 15) is 9.59 Å². The molecule has 3 aromatic rings. The van der Waals surface area contributed by atoms with Crippen LogP contribution in [0, 0.1) is 13.8 Å². The van der Waals surface area contributed by atoms with E-state index in [2.05, 4.69) is 9.97 Å². The maximum Gasteiger partial charge on any atom is 0.338 e. The Morgan fingerprint density at radius 1 is 0.880 bits per heavy atom. The molecule has 0 radical (unpaired) electrons. The topological polar surface area (TPSA) is 69.2 Å². The smallest absolute Gasteiger partial charge is 0.338 e. The van der Waals surface area contributed by atoms with E-state index in [0.717, 1.165) is 11.4 Å². The minimum absolute atomic E-state index is 0.235. The summed E-state index contributed by atoms with van der Waals surface area (Å²) in [5.41, 5.74) is 3.86. The summed E-state index contributed by atoms with van der Waals surface area (Å²) in [6.07, 6.45) is -0.864. The zero-order valence-corrected chi connectivity index (χ0v) is 14.3. The van der Waals surface area contributed by atoms with Gasteiger partial charge in [0.2, 0.25) is 5.78 Å². The molecule has 0 aliphatic carbocycles. The van der Waals surface area contributed by atoms with Gasteiger partial charge >= 0.3 is 5.97 Å². The second-order valence-corrected chi connectivity index (χ2v) is 5.88. The molecule has 25 heavy (non-hydrogen) atoms. The first-order chi connectivity index (χ1) is 12.0. The molecule has 0 saturated heterocycles. The summed E-state index contributed by atoms with van der Waals surface area (Å²) < 4.78 is 5.32. The van der Waals surface area contributed by atoms with E-state index in [1.165, 1.54) is 0 Å². The number of rotatable bonds is 4. The largest absolute Gasteiger partial charge is 0.451 e. The highest BCUT2D eigenvalue weighted by molar-refractivity contribution is 6.01. The van der Waals surface area contributed by atoms with E-state index in [0.29, 0.717) is 22.2 Å². The number of ketones is 1. The highest BCUT2D eigenvalue weighted by atomic mass is 16.5. The predicted molar refractivity (Wildman–Crippen MR) is 94.7 cm³/mol. The summed E-state index contributed by atoms with van der Waals surface area (Å²) in [6.45, 7) is 5.33. The van der Waals surface area contributed by atoms with Gasteiger partial charge in [-0.3, -0.25) is 4.79 Å². The van der Waals surface area contributed by atoms with Gasteiger partial charge in [0, 0.05) is 5.56 Å². The Kier molecular flexibility index (Phi) is 4.57. The highest BCUT2D eigenvalue weighted by Crippen LogP contribution is 2.16. The van der Waals surface area contributed by atoms with Gasteiger partial charge in [-0.05, 0) is 39.0 Å². The number of benzene rings is 2. The molecule has 0 bridgehead atoms. The van der Waals surface area contributed by atoms with Gasteiger partial charge in [0.25, 0.3) is 0 Å². The Hall–Kier alpha value is -3.08. The van der Waals surface area contributed by atoms with E-state index >= 15 is 0 Å². The number of fused-ring (bicyclic) bond motifs is 1. The van der Waals surface area contributed by atoms with Crippen LogP contribution in [0.25, 0.3) is 11.0 Å². The van der Waals surface area contributed by atoms with Crippen LogP contribution in [-0.2, 0) is 4.74 Å². The first kappa shape index (κ1) is 16.8. The Morgan fingerprint density at radius 3 is 2.20 bits per heavy atom. The molecule has 1 unspecified atom stereocenters. The molecule has 1 aromatic heterocycles. The number of carbonyl (C=O) groups excluding carboxylic acids is 2. The molecule has 126 valence electrons. The van der Waals surface area contributed by atoms with Crippen molar-refractivity contribution in [1.29, 1.82) is 0 Å². The van der Waals surface area contributed by atoms with Crippen molar-refractivity contribution in [1.82, 2.24) is 9.97 Å². The lowest BCUT2D eigenvalue weighted by molar-refractivity contribution is 0.0319. The van der Waals surface area contributed by atoms with Gasteiger partial charge in [0.1, 0.15) is 0 Å². The Balaban J connectivity index is 1.80. The van der Waals surface area contributed by atoms with E-state index in [1.807, 2.05) is 19.9 Å². The third-order valence-electron chi connectivity index (χ3n) is 4.02. The lowest BCUT2D eigenvalue weighted by atomic mass is 10.1. The number of nitrogens with zero attached hydrogens (tertiary/aromatic N) is 2. The van der Waals surface area contributed by atoms with Crippen LogP contribution in [0.4, 0.5) is 0 Å². The molecule has 0 amide bonds. The molecule has 5 nitrogen and oxygen atoms in total. The standard InChI is InChI=1S/C20H18N2O3/c1-12-13(2)22-18-11-16(9-10-17(18)21-12)20(24)25-14(3)19(23)15-7-5-4-6-8-15/h4-11,14H,1-3H3. The highest BCUT2D eigenvalue weighted by Gasteiger charge is 2.20. The van der Waals surface area contributed by atoms with E-state index in [4.69, 9.17) is 4.74 Å². The Labute approximate surface area is 145 Å². The Bertz CT molecular complexity index is 952. The van der Waals surface area contributed by atoms with Crippen molar-refractivity contribution in [2.24, 2.45) is 0 Å². The van der Waals surface area contributed by atoms with Crippen LogP contribution in [0.3, 0.4) is 0 Å². The van der Waals surface area contributed by atoms with Gasteiger partial charge in [-0.2, -0.15) is 0 Å². The third-order valence-corrected chi connectivity index (χ3v) is 4.02. The summed E-state index contributed by atoms with van der Waals surface area (Å²) >= 11 is 0. The van der Waals surface area contributed by atoms with Crippen LogP contribution in [0.2, 0.25) is 0 Å². The third kappa shape index (κ3) is 3.55. The summed E-state index contributed by atoms with van der Waals surface area (Å²) in [5, 5.41) is 0. The molecule has 0 aliphatic heterocycles. The number of aryl methyl sites for hydroxylation is 2. The zero-order chi connectivity index (χ0) is 18.0. The monoisotopic (exact) mass is 334 g/mol. The molecular weight excluding hydrogens is 316 g/mol. The van der Waals surface area contributed by atoms with Crippen molar-refractivity contribution in [3.8, 4) is 0 Å². The number of hydrogen-bond donors (Lipinski definition) is 0. The van der Waals surface area contributed by atoms with Gasteiger partial charge < -0.3 is 4.74 Å². The number of Topliss-reactive ketones (excluding diaryl/α,β-unsaturated/α-hetero) is 1. The summed E-state index contributed by atoms with van der Waals surface area (Å²) in [4.78, 5) is 33.5.